The first-order valence-electron chi connectivity index (χ1n) is 9.76. The molecule has 0 unspecified atom stereocenters. The number of nitrogens with zero attached hydrogens (tertiary/aromatic N) is 1. The Morgan fingerprint density at radius 2 is 2.03 bits per heavy atom. The number of fused-ring (bicyclic) bond motifs is 4. The summed E-state index contributed by atoms with van der Waals surface area (Å²) in [5.74, 6) is -3.05. The molecule has 0 radical (unpaired) electrons. The summed E-state index contributed by atoms with van der Waals surface area (Å²) in [6.07, 6.45) is 0.967. The van der Waals surface area contributed by atoms with Gasteiger partial charge < -0.3 is 11.1 Å². The lowest BCUT2D eigenvalue weighted by molar-refractivity contribution is -0.145. The Hall–Kier alpha value is -2.26. The summed E-state index contributed by atoms with van der Waals surface area (Å²) in [6, 6.07) is 4.61. The van der Waals surface area contributed by atoms with Crippen molar-refractivity contribution in [1.82, 2.24) is 10.2 Å². The number of imide groups is 1. The third-order valence-electron chi connectivity index (χ3n) is 6.44. The van der Waals surface area contributed by atoms with Gasteiger partial charge in [0.25, 0.3) is 0 Å². The number of halogens is 1. The van der Waals surface area contributed by atoms with Crippen molar-refractivity contribution in [3.8, 4) is 0 Å². The van der Waals surface area contributed by atoms with Crippen LogP contribution < -0.4 is 16.4 Å². The maximum atomic E-state index is 13.5. The van der Waals surface area contributed by atoms with E-state index in [9.17, 15) is 19.2 Å². The third kappa shape index (κ3) is 2.74. The fourth-order valence-electron chi connectivity index (χ4n) is 4.96. The summed E-state index contributed by atoms with van der Waals surface area (Å²) < 4.78 is 0.765. The predicted molar refractivity (Wildman–Crippen MR) is 108 cm³/mol. The summed E-state index contributed by atoms with van der Waals surface area (Å²) >= 11 is 3.44. The van der Waals surface area contributed by atoms with Gasteiger partial charge in [0.2, 0.25) is 23.6 Å². The van der Waals surface area contributed by atoms with Gasteiger partial charge in [0.1, 0.15) is 5.54 Å². The van der Waals surface area contributed by atoms with Gasteiger partial charge in [-0.05, 0) is 38.0 Å². The molecule has 4 amide bonds. The van der Waals surface area contributed by atoms with E-state index in [1.807, 2.05) is 19.9 Å². The molecule has 8 nitrogen and oxygen atoms in total. The fraction of sp³-hybridized carbons (Fsp3) is 0.500. The second-order valence-electron chi connectivity index (χ2n) is 8.02. The van der Waals surface area contributed by atoms with E-state index in [2.05, 4.69) is 26.6 Å². The lowest BCUT2D eigenvalue weighted by Crippen LogP contribution is -2.54. The van der Waals surface area contributed by atoms with Gasteiger partial charge in [0.05, 0.1) is 11.8 Å². The summed E-state index contributed by atoms with van der Waals surface area (Å²) in [6.45, 7) is 3.74. The number of nitrogens with two attached hydrogens (primary N) is 1. The Bertz CT molecular complexity index is 935. The molecular weight excluding hydrogens is 440 g/mol. The molecule has 4 rings (SSSR count). The van der Waals surface area contributed by atoms with Crippen LogP contribution in [-0.4, -0.2) is 40.6 Å². The Labute approximate surface area is 176 Å². The molecule has 2 saturated heterocycles. The maximum absolute atomic E-state index is 13.5. The minimum Gasteiger partial charge on any atom is -0.370 e. The second-order valence-corrected chi connectivity index (χ2v) is 8.93. The van der Waals surface area contributed by atoms with Crippen molar-refractivity contribution >= 4 is 45.2 Å². The number of carbonyl (C=O) groups excluding carboxylic acids is 4. The lowest BCUT2D eigenvalue weighted by Gasteiger charge is -2.31. The summed E-state index contributed by atoms with van der Waals surface area (Å²) in [7, 11) is 0. The molecule has 0 bridgehead atoms. The van der Waals surface area contributed by atoms with E-state index >= 15 is 0 Å². The first kappa shape index (κ1) is 20.0. The minimum atomic E-state index is -1.35. The number of carbonyl (C=O) groups is 4. The normalized spacial score (nSPS) is 31.2. The van der Waals surface area contributed by atoms with Crippen molar-refractivity contribution in [2.24, 2.45) is 17.6 Å². The highest BCUT2D eigenvalue weighted by atomic mass is 79.9. The Kier molecular flexibility index (Phi) is 4.77. The van der Waals surface area contributed by atoms with Crippen LogP contribution in [0.15, 0.2) is 22.7 Å². The van der Waals surface area contributed by atoms with Crippen molar-refractivity contribution in [2.75, 3.05) is 5.32 Å². The van der Waals surface area contributed by atoms with Gasteiger partial charge in [0.15, 0.2) is 0 Å². The number of primary amides is 1. The number of hydrogen-bond acceptors (Lipinski definition) is 5. The molecule has 1 spiro atoms. The Morgan fingerprint density at radius 1 is 1.31 bits per heavy atom. The number of likely N-dealkylation sites (tertiary alicyclic amines) is 1. The van der Waals surface area contributed by atoms with Gasteiger partial charge in [-0.3, -0.25) is 29.4 Å². The first-order chi connectivity index (χ1) is 13.7. The molecule has 3 aliphatic heterocycles. The molecule has 3 aliphatic rings. The van der Waals surface area contributed by atoms with Crippen molar-refractivity contribution in [3.63, 3.8) is 0 Å². The van der Waals surface area contributed by atoms with E-state index in [1.54, 1.807) is 12.1 Å². The molecule has 5 atom stereocenters. The number of rotatable bonds is 5. The number of anilines is 1. The van der Waals surface area contributed by atoms with Gasteiger partial charge in [-0.2, -0.15) is 0 Å². The van der Waals surface area contributed by atoms with E-state index in [1.165, 1.54) is 4.90 Å². The summed E-state index contributed by atoms with van der Waals surface area (Å²) in [5, 5.41) is 6.14. The Morgan fingerprint density at radius 3 is 2.69 bits per heavy atom. The van der Waals surface area contributed by atoms with Crippen LogP contribution in [0.4, 0.5) is 5.69 Å². The lowest BCUT2D eigenvalue weighted by atomic mass is 9.76. The zero-order chi connectivity index (χ0) is 21.1. The molecule has 0 saturated carbocycles. The van der Waals surface area contributed by atoms with Crippen LogP contribution >= 0.6 is 15.9 Å². The van der Waals surface area contributed by atoms with E-state index in [0.29, 0.717) is 17.7 Å². The van der Waals surface area contributed by atoms with Crippen molar-refractivity contribution in [1.29, 1.82) is 0 Å². The van der Waals surface area contributed by atoms with Crippen molar-refractivity contribution in [2.45, 2.75) is 50.7 Å². The van der Waals surface area contributed by atoms with Gasteiger partial charge in [-0.25, -0.2) is 0 Å². The molecule has 9 heteroatoms. The van der Waals surface area contributed by atoms with Crippen LogP contribution in [0.3, 0.4) is 0 Å². The van der Waals surface area contributed by atoms with Crippen LogP contribution in [0.25, 0.3) is 0 Å². The molecule has 154 valence electrons. The van der Waals surface area contributed by atoms with E-state index in [4.69, 9.17) is 5.73 Å². The molecule has 1 aromatic carbocycles. The molecule has 0 aliphatic carbocycles. The number of nitrogens with one attached hydrogen (secondary N) is 2. The molecular formula is C20H23BrN4O4. The number of benzene rings is 1. The zero-order valence-corrected chi connectivity index (χ0v) is 17.8. The monoisotopic (exact) mass is 462 g/mol. The average molecular weight is 463 g/mol. The van der Waals surface area contributed by atoms with Gasteiger partial charge in [0, 0.05) is 34.2 Å². The standard InChI is InChI=1S/C20H23BrN4O4/c1-3-9(2)25-17(27)15-13(6-7-14(22)26)24-20(16(15)18(25)28)11-8-10(21)4-5-12(11)23-19(20)29/h4-5,8-9,13,15-16,24H,3,6-7H2,1-2H3,(H2,22,26)(H,23,29)/t9-,13-,15+,16-,20+/m0/s1. The quantitative estimate of drug-likeness (QED) is 0.568. The van der Waals surface area contributed by atoms with Crippen LogP contribution in [0.1, 0.15) is 38.7 Å². The topological polar surface area (TPSA) is 122 Å². The highest BCUT2D eigenvalue weighted by molar-refractivity contribution is 9.10. The van der Waals surface area contributed by atoms with Crippen LogP contribution in [-0.2, 0) is 24.7 Å². The van der Waals surface area contributed by atoms with E-state index in [0.717, 1.165) is 4.47 Å². The van der Waals surface area contributed by atoms with Crippen LogP contribution in [0.5, 0.6) is 0 Å². The predicted octanol–water partition coefficient (Wildman–Crippen LogP) is 1.23. The fourth-order valence-corrected chi connectivity index (χ4v) is 5.32. The van der Waals surface area contributed by atoms with Crippen LogP contribution in [0.2, 0.25) is 0 Å². The second kappa shape index (κ2) is 6.91. The highest BCUT2D eigenvalue weighted by Gasteiger charge is 2.70. The SMILES string of the molecule is CC[C@H](C)N1C(=O)[C@@H]2[C@H](CCC(N)=O)N[C@@]3(C(=O)Nc4ccc(Br)cc43)[C@@H]2C1=O. The number of amides is 4. The smallest absolute Gasteiger partial charge is 0.250 e. The third-order valence-corrected chi connectivity index (χ3v) is 6.94. The zero-order valence-electron chi connectivity index (χ0n) is 16.2. The van der Waals surface area contributed by atoms with Gasteiger partial charge >= 0.3 is 0 Å². The summed E-state index contributed by atoms with van der Waals surface area (Å²) in [4.78, 5) is 52.7. The van der Waals surface area contributed by atoms with Crippen molar-refractivity contribution in [3.05, 3.63) is 28.2 Å². The molecule has 0 aromatic heterocycles. The molecule has 4 N–H and O–H groups in total. The largest absolute Gasteiger partial charge is 0.370 e. The Balaban J connectivity index is 1.85. The molecule has 3 heterocycles. The summed E-state index contributed by atoms with van der Waals surface area (Å²) in [5.41, 5.74) is 5.23. The molecule has 1 aromatic rings. The minimum absolute atomic E-state index is 0.0642. The first-order valence-corrected chi connectivity index (χ1v) is 10.6. The van der Waals surface area contributed by atoms with Gasteiger partial charge in [-0.1, -0.05) is 22.9 Å². The maximum Gasteiger partial charge on any atom is 0.250 e. The average Bonchev–Trinajstić information content (AvgIpc) is 3.25. The molecule has 29 heavy (non-hydrogen) atoms. The van der Waals surface area contributed by atoms with E-state index in [-0.39, 0.29) is 36.6 Å². The van der Waals surface area contributed by atoms with E-state index < -0.39 is 29.3 Å². The number of hydrogen-bond donors (Lipinski definition) is 3. The van der Waals surface area contributed by atoms with Gasteiger partial charge in [-0.15, -0.1) is 0 Å². The highest BCUT2D eigenvalue weighted by Crippen LogP contribution is 2.54. The molecule has 2 fully saturated rings. The van der Waals surface area contributed by atoms with Crippen LogP contribution in [0, 0.1) is 11.8 Å². The van der Waals surface area contributed by atoms with Crippen molar-refractivity contribution < 1.29 is 19.2 Å².